The topological polar surface area (TPSA) is 55.4 Å². The molecule has 0 radical (unpaired) electrons. The number of benzene rings is 2. The van der Waals surface area contributed by atoms with Gasteiger partial charge in [0.1, 0.15) is 11.6 Å². The first kappa shape index (κ1) is 15.8. The molecule has 7 heteroatoms. The molecule has 0 aromatic heterocycles. The van der Waals surface area contributed by atoms with Crippen LogP contribution in [0.3, 0.4) is 0 Å². The quantitative estimate of drug-likeness (QED) is 0.917. The fraction of sp³-hybridized carbons (Fsp3) is 0.143. The number of hydrogen-bond donors (Lipinski definition) is 1. The van der Waals surface area contributed by atoms with Crippen LogP contribution in [0.2, 0.25) is 5.02 Å². The lowest BCUT2D eigenvalue weighted by molar-refractivity contribution is 0.414. The van der Waals surface area contributed by atoms with Crippen LogP contribution in [0.5, 0.6) is 5.75 Å². The average Bonchev–Trinajstić information content (AvgIpc) is 2.45. The van der Waals surface area contributed by atoms with Gasteiger partial charge in [0, 0.05) is 6.54 Å². The second kappa shape index (κ2) is 6.43. The molecular formula is C14H13ClFNO3S. The zero-order valence-corrected chi connectivity index (χ0v) is 12.7. The number of sulfonamides is 1. The molecule has 0 spiro atoms. The van der Waals surface area contributed by atoms with Crippen molar-refractivity contribution in [2.24, 2.45) is 0 Å². The van der Waals surface area contributed by atoms with E-state index in [1.54, 1.807) is 6.07 Å². The van der Waals surface area contributed by atoms with Gasteiger partial charge >= 0.3 is 0 Å². The van der Waals surface area contributed by atoms with Crippen LogP contribution in [0, 0.1) is 5.82 Å². The van der Waals surface area contributed by atoms with Gasteiger partial charge in [-0.1, -0.05) is 23.7 Å². The molecule has 21 heavy (non-hydrogen) atoms. The molecule has 0 atom stereocenters. The lowest BCUT2D eigenvalue weighted by Crippen LogP contribution is -2.23. The molecule has 0 amide bonds. The van der Waals surface area contributed by atoms with Gasteiger partial charge in [0.15, 0.2) is 0 Å². The Hall–Kier alpha value is -1.63. The fourth-order valence-electron chi connectivity index (χ4n) is 1.72. The largest absolute Gasteiger partial charge is 0.495 e. The van der Waals surface area contributed by atoms with Gasteiger partial charge in [0.25, 0.3) is 0 Å². The third kappa shape index (κ3) is 3.93. The Balaban J connectivity index is 2.17. The van der Waals surface area contributed by atoms with E-state index in [1.807, 2.05) is 0 Å². The normalized spacial score (nSPS) is 11.4. The van der Waals surface area contributed by atoms with E-state index in [1.165, 1.54) is 43.5 Å². The second-order valence-corrected chi connectivity index (χ2v) is 6.42. The van der Waals surface area contributed by atoms with Crippen molar-refractivity contribution in [3.63, 3.8) is 0 Å². The molecule has 2 aromatic carbocycles. The smallest absolute Gasteiger partial charge is 0.240 e. The predicted molar refractivity (Wildman–Crippen MR) is 78.4 cm³/mol. The van der Waals surface area contributed by atoms with Gasteiger partial charge in [-0.15, -0.1) is 0 Å². The van der Waals surface area contributed by atoms with Crippen LogP contribution in [-0.4, -0.2) is 15.5 Å². The van der Waals surface area contributed by atoms with Crippen LogP contribution < -0.4 is 9.46 Å². The van der Waals surface area contributed by atoms with Crippen molar-refractivity contribution in [1.29, 1.82) is 0 Å². The molecule has 2 aromatic rings. The van der Waals surface area contributed by atoms with Crippen molar-refractivity contribution in [2.45, 2.75) is 11.4 Å². The fourth-order valence-corrected chi connectivity index (χ4v) is 3.09. The first-order valence-electron chi connectivity index (χ1n) is 6.00. The lowest BCUT2D eigenvalue weighted by Gasteiger charge is -2.09. The SMILES string of the molecule is COc1ccc(S(=O)(=O)NCc2cccc(F)c2)cc1Cl. The number of halogens is 2. The van der Waals surface area contributed by atoms with Gasteiger partial charge in [0.2, 0.25) is 10.0 Å². The molecule has 0 unspecified atom stereocenters. The highest BCUT2D eigenvalue weighted by atomic mass is 35.5. The van der Waals surface area contributed by atoms with E-state index in [4.69, 9.17) is 16.3 Å². The maximum absolute atomic E-state index is 13.0. The first-order chi connectivity index (χ1) is 9.92. The van der Waals surface area contributed by atoms with Crippen LogP contribution in [-0.2, 0) is 16.6 Å². The Kier molecular flexibility index (Phi) is 4.82. The Bertz CT molecular complexity index is 750. The third-order valence-electron chi connectivity index (χ3n) is 2.79. The minimum Gasteiger partial charge on any atom is -0.495 e. The van der Waals surface area contributed by atoms with Crippen molar-refractivity contribution in [2.75, 3.05) is 7.11 Å². The van der Waals surface area contributed by atoms with Gasteiger partial charge in [0.05, 0.1) is 17.0 Å². The van der Waals surface area contributed by atoms with E-state index in [2.05, 4.69) is 4.72 Å². The third-order valence-corrected chi connectivity index (χ3v) is 4.48. The maximum Gasteiger partial charge on any atom is 0.240 e. The van der Waals surface area contributed by atoms with Gasteiger partial charge in [-0.25, -0.2) is 17.5 Å². The molecule has 0 heterocycles. The van der Waals surface area contributed by atoms with Gasteiger partial charge < -0.3 is 4.74 Å². The van der Waals surface area contributed by atoms with E-state index >= 15 is 0 Å². The molecule has 2 rings (SSSR count). The van der Waals surface area contributed by atoms with Crippen molar-refractivity contribution in [3.8, 4) is 5.75 Å². The highest BCUT2D eigenvalue weighted by molar-refractivity contribution is 7.89. The summed E-state index contributed by atoms with van der Waals surface area (Å²) in [4.78, 5) is 0.0182. The molecule has 0 aliphatic heterocycles. The molecule has 0 saturated heterocycles. The summed E-state index contributed by atoms with van der Waals surface area (Å²) in [6.45, 7) is -0.0102. The van der Waals surface area contributed by atoms with E-state index in [0.29, 0.717) is 11.3 Å². The molecule has 1 N–H and O–H groups in total. The molecule has 112 valence electrons. The standard InChI is InChI=1S/C14H13ClFNO3S/c1-20-14-6-5-12(8-13(14)15)21(18,19)17-9-10-3-2-4-11(16)7-10/h2-8,17H,9H2,1H3. The highest BCUT2D eigenvalue weighted by Crippen LogP contribution is 2.26. The number of hydrogen-bond acceptors (Lipinski definition) is 3. The number of ether oxygens (including phenoxy) is 1. The van der Waals surface area contributed by atoms with Gasteiger partial charge in [-0.05, 0) is 35.9 Å². The summed E-state index contributed by atoms with van der Waals surface area (Å²) in [6, 6.07) is 9.87. The summed E-state index contributed by atoms with van der Waals surface area (Å²) in [5.41, 5.74) is 0.526. The summed E-state index contributed by atoms with van der Waals surface area (Å²) in [6.07, 6.45) is 0. The van der Waals surface area contributed by atoms with Crippen molar-refractivity contribution in [1.82, 2.24) is 4.72 Å². The molecule has 0 fully saturated rings. The number of nitrogens with one attached hydrogen (secondary N) is 1. The maximum atomic E-state index is 13.0. The Morgan fingerprint density at radius 2 is 2.00 bits per heavy atom. The van der Waals surface area contributed by atoms with E-state index < -0.39 is 15.8 Å². The molecule has 0 saturated carbocycles. The summed E-state index contributed by atoms with van der Waals surface area (Å²) in [7, 11) is -2.29. The number of methoxy groups -OCH3 is 1. The first-order valence-corrected chi connectivity index (χ1v) is 7.86. The Labute approximate surface area is 127 Å². The van der Waals surface area contributed by atoms with Crippen LogP contribution in [0.4, 0.5) is 4.39 Å². The number of rotatable bonds is 5. The van der Waals surface area contributed by atoms with Gasteiger partial charge in [-0.3, -0.25) is 0 Å². The van der Waals surface area contributed by atoms with Crippen molar-refractivity contribution < 1.29 is 17.5 Å². The lowest BCUT2D eigenvalue weighted by atomic mass is 10.2. The van der Waals surface area contributed by atoms with Crippen LogP contribution >= 0.6 is 11.6 Å². The molecule has 0 aliphatic carbocycles. The Morgan fingerprint density at radius 1 is 1.24 bits per heavy atom. The zero-order valence-electron chi connectivity index (χ0n) is 11.1. The minimum atomic E-state index is -3.73. The van der Waals surface area contributed by atoms with Crippen molar-refractivity contribution in [3.05, 3.63) is 58.9 Å². The summed E-state index contributed by atoms with van der Waals surface area (Å²) in [5, 5.41) is 0.200. The van der Waals surface area contributed by atoms with Crippen LogP contribution in [0.25, 0.3) is 0 Å². The summed E-state index contributed by atoms with van der Waals surface area (Å²) >= 11 is 5.91. The summed E-state index contributed by atoms with van der Waals surface area (Å²) in [5.74, 6) is -0.0278. The molecule has 0 bridgehead atoms. The van der Waals surface area contributed by atoms with Crippen molar-refractivity contribution >= 4 is 21.6 Å². The average molecular weight is 330 g/mol. The minimum absolute atomic E-state index is 0.0102. The van der Waals surface area contributed by atoms with E-state index in [-0.39, 0.29) is 16.5 Å². The zero-order chi connectivity index (χ0) is 15.5. The predicted octanol–water partition coefficient (Wildman–Crippen LogP) is 2.97. The highest BCUT2D eigenvalue weighted by Gasteiger charge is 2.15. The Morgan fingerprint density at radius 3 is 2.62 bits per heavy atom. The molecule has 4 nitrogen and oxygen atoms in total. The van der Waals surface area contributed by atoms with Crippen LogP contribution in [0.1, 0.15) is 5.56 Å². The van der Waals surface area contributed by atoms with Crippen LogP contribution in [0.15, 0.2) is 47.4 Å². The van der Waals surface area contributed by atoms with E-state index in [0.717, 1.165) is 0 Å². The molecule has 0 aliphatic rings. The summed E-state index contributed by atoms with van der Waals surface area (Å²) < 4.78 is 44.7. The molecular weight excluding hydrogens is 317 g/mol. The second-order valence-electron chi connectivity index (χ2n) is 4.25. The van der Waals surface area contributed by atoms with Gasteiger partial charge in [-0.2, -0.15) is 0 Å². The monoisotopic (exact) mass is 329 g/mol. The van der Waals surface area contributed by atoms with E-state index in [9.17, 15) is 12.8 Å².